The standard InChI is InChI=1S/C9H8Cl4/c1-5(4-10)6-2-8(12)9(13)3-7(6)11/h2-3,5H,4H2,1H3. The fourth-order valence-corrected chi connectivity index (χ4v) is 1.91. The van der Waals surface area contributed by atoms with E-state index in [1.54, 1.807) is 12.1 Å². The second-order valence-electron chi connectivity index (χ2n) is 2.84. The molecule has 1 aromatic rings. The molecule has 0 nitrogen and oxygen atoms in total. The van der Waals surface area contributed by atoms with Crippen molar-refractivity contribution in [1.82, 2.24) is 0 Å². The highest BCUT2D eigenvalue weighted by Crippen LogP contribution is 2.33. The molecule has 0 saturated carbocycles. The minimum atomic E-state index is 0.184. The van der Waals surface area contributed by atoms with Crippen molar-refractivity contribution in [2.45, 2.75) is 12.8 Å². The first kappa shape index (κ1) is 11.5. The summed E-state index contributed by atoms with van der Waals surface area (Å²) in [6.45, 7) is 1.98. The Morgan fingerprint density at radius 2 is 1.62 bits per heavy atom. The molecule has 0 aliphatic carbocycles. The van der Waals surface area contributed by atoms with Crippen LogP contribution in [-0.4, -0.2) is 5.88 Å². The Hall–Kier alpha value is 0.380. The Balaban J connectivity index is 3.15. The Kier molecular flexibility index (Phi) is 4.18. The van der Waals surface area contributed by atoms with Crippen LogP contribution in [0.5, 0.6) is 0 Å². The number of hydrogen-bond acceptors (Lipinski definition) is 0. The van der Waals surface area contributed by atoms with Crippen molar-refractivity contribution in [2.24, 2.45) is 0 Å². The topological polar surface area (TPSA) is 0 Å². The van der Waals surface area contributed by atoms with Crippen LogP contribution in [0.1, 0.15) is 18.4 Å². The van der Waals surface area contributed by atoms with Crippen molar-refractivity contribution in [1.29, 1.82) is 0 Å². The van der Waals surface area contributed by atoms with Crippen LogP contribution in [0, 0.1) is 0 Å². The molecule has 1 atom stereocenters. The highest BCUT2D eigenvalue weighted by molar-refractivity contribution is 6.43. The monoisotopic (exact) mass is 256 g/mol. The van der Waals surface area contributed by atoms with Crippen LogP contribution < -0.4 is 0 Å². The first-order valence-corrected chi connectivity index (χ1v) is 5.43. The number of alkyl halides is 1. The van der Waals surface area contributed by atoms with Crippen molar-refractivity contribution in [2.75, 3.05) is 5.88 Å². The van der Waals surface area contributed by atoms with E-state index in [-0.39, 0.29) is 5.92 Å². The van der Waals surface area contributed by atoms with Crippen LogP contribution in [0.2, 0.25) is 15.1 Å². The zero-order valence-corrected chi connectivity index (χ0v) is 9.97. The lowest BCUT2D eigenvalue weighted by molar-refractivity contribution is 0.876. The molecule has 0 heterocycles. The molecule has 0 fully saturated rings. The normalized spacial score (nSPS) is 13.0. The van der Waals surface area contributed by atoms with Gasteiger partial charge >= 0.3 is 0 Å². The van der Waals surface area contributed by atoms with Crippen molar-refractivity contribution >= 4 is 46.4 Å². The van der Waals surface area contributed by atoms with Crippen LogP contribution in [0.25, 0.3) is 0 Å². The van der Waals surface area contributed by atoms with Gasteiger partial charge in [0, 0.05) is 10.9 Å². The fourth-order valence-electron chi connectivity index (χ4n) is 0.999. The predicted octanol–water partition coefficient (Wildman–Crippen LogP) is 4.99. The number of halogens is 4. The van der Waals surface area contributed by atoms with Gasteiger partial charge in [-0.2, -0.15) is 0 Å². The van der Waals surface area contributed by atoms with Gasteiger partial charge in [-0.1, -0.05) is 41.7 Å². The summed E-state index contributed by atoms with van der Waals surface area (Å²) < 4.78 is 0. The van der Waals surface area contributed by atoms with E-state index in [1.807, 2.05) is 6.92 Å². The van der Waals surface area contributed by atoms with Gasteiger partial charge in [0.05, 0.1) is 10.0 Å². The maximum atomic E-state index is 5.97. The molecule has 1 rings (SSSR count). The third-order valence-electron chi connectivity index (χ3n) is 1.80. The molecular formula is C9H8Cl4. The lowest BCUT2D eigenvalue weighted by atomic mass is 10.0. The van der Waals surface area contributed by atoms with E-state index in [9.17, 15) is 0 Å². The Labute approximate surface area is 97.7 Å². The Bertz CT molecular complexity index is 309. The minimum absolute atomic E-state index is 0.184. The summed E-state index contributed by atoms with van der Waals surface area (Å²) in [5, 5.41) is 1.60. The lowest BCUT2D eigenvalue weighted by Crippen LogP contribution is -1.95. The molecule has 1 unspecified atom stereocenters. The van der Waals surface area contributed by atoms with Crippen molar-refractivity contribution < 1.29 is 0 Å². The number of hydrogen-bond donors (Lipinski definition) is 0. The Morgan fingerprint density at radius 3 is 2.15 bits per heavy atom. The summed E-state index contributed by atoms with van der Waals surface area (Å²) in [6, 6.07) is 3.41. The molecule has 4 heteroatoms. The van der Waals surface area contributed by atoms with Gasteiger partial charge in [0.15, 0.2) is 0 Å². The summed E-state index contributed by atoms with van der Waals surface area (Å²) in [5.41, 5.74) is 0.936. The summed E-state index contributed by atoms with van der Waals surface area (Å²) in [4.78, 5) is 0. The summed E-state index contributed by atoms with van der Waals surface area (Å²) >= 11 is 23.3. The number of rotatable bonds is 2. The van der Waals surface area contributed by atoms with Gasteiger partial charge < -0.3 is 0 Å². The van der Waals surface area contributed by atoms with Gasteiger partial charge in [-0.15, -0.1) is 11.6 Å². The van der Waals surface area contributed by atoms with E-state index in [0.29, 0.717) is 20.9 Å². The van der Waals surface area contributed by atoms with Crippen LogP contribution in [0.15, 0.2) is 12.1 Å². The van der Waals surface area contributed by atoms with Crippen molar-refractivity contribution in [3.63, 3.8) is 0 Å². The highest BCUT2D eigenvalue weighted by atomic mass is 35.5. The van der Waals surface area contributed by atoms with Crippen LogP contribution >= 0.6 is 46.4 Å². The SMILES string of the molecule is CC(CCl)c1cc(Cl)c(Cl)cc1Cl. The molecule has 0 aliphatic rings. The van der Waals surface area contributed by atoms with Crippen LogP contribution in [-0.2, 0) is 0 Å². The molecule has 0 aliphatic heterocycles. The lowest BCUT2D eigenvalue weighted by Gasteiger charge is -2.11. The molecule has 0 saturated heterocycles. The van der Waals surface area contributed by atoms with E-state index in [1.165, 1.54) is 0 Å². The second-order valence-corrected chi connectivity index (χ2v) is 4.37. The highest BCUT2D eigenvalue weighted by Gasteiger charge is 2.11. The zero-order valence-electron chi connectivity index (χ0n) is 6.95. The van der Waals surface area contributed by atoms with E-state index in [0.717, 1.165) is 5.56 Å². The van der Waals surface area contributed by atoms with Gasteiger partial charge in [0.1, 0.15) is 0 Å². The quantitative estimate of drug-likeness (QED) is 0.517. The molecular weight excluding hydrogens is 250 g/mol. The fraction of sp³-hybridized carbons (Fsp3) is 0.333. The third-order valence-corrected chi connectivity index (χ3v) is 3.31. The van der Waals surface area contributed by atoms with E-state index in [2.05, 4.69) is 0 Å². The molecule has 0 aromatic heterocycles. The average molecular weight is 258 g/mol. The first-order chi connectivity index (χ1) is 6.06. The van der Waals surface area contributed by atoms with Crippen LogP contribution in [0.3, 0.4) is 0 Å². The largest absolute Gasteiger partial charge is 0.126 e. The van der Waals surface area contributed by atoms with Gasteiger partial charge in [-0.3, -0.25) is 0 Å². The molecule has 0 bridgehead atoms. The van der Waals surface area contributed by atoms with E-state index >= 15 is 0 Å². The molecule has 72 valence electrons. The third kappa shape index (κ3) is 2.66. The molecule has 0 amide bonds. The van der Waals surface area contributed by atoms with Gasteiger partial charge in [0.2, 0.25) is 0 Å². The summed E-state index contributed by atoms with van der Waals surface area (Å²) in [7, 11) is 0. The zero-order chi connectivity index (χ0) is 10.0. The van der Waals surface area contributed by atoms with Gasteiger partial charge in [0.25, 0.3) is 0 Å². The van der Waals surface area contributed by atoms with Gasteiger partial charge in [-0.25, -0.2) is 0 Å². The maximum Gasteiger partial charge on any atom is 0.0607 e. The molecule has 0 N–H and O–H groups in total. The minimum Gasteiger partial charge on any atom is -0.126 e. The van der Waals surface area contributed by atoms with E-state index in [4.69, 9.17) is 46.4 Å². The van der Waals surface area contributed by atoms with Crippen LogP contribution in [0.4, 0.5) is 0 Å². The van der Waals surface area contributed by atoms with Crippen molar-refractivity contribution in [3.8, 4) is 0 Å². The number of benzene rings is 1. The van der Waals surface area contributed by atoms with E-state index < -0.39 is 0 Å². The summed E-state index contributed by atoms with van der Waals surface area (Å²) in [6.07, 6.45) is 0. The maximum absolute atomic E-state index is 5.97. The molecule has 1 aromatic carbocycles. The predicted molar refractivity (Wildman–Crippen MR) is 60.6 cm³/mol. The molecule has 13 heavy (non-hydrogen) atoms. The summed E-state index contributed by atoms with van der Waals surface area (Å²) in [5.74, 6) is 0.696. The van der Waals surface area contributed by atoms with Crippen molar-refractivity contribution in [3.05, 3.63) is 32.8 Å². The Morgan fingerprint density at radius 1 is 1.08 bits per heavy atom. The smallest absolute Gasteiger partial charge is 0.0607 e. The second kappa shape index (κ2) is 4.75. The molecule has 0 spiro atoms. The molecule has 0 radical (unpaired) electrons. The first-order valence-electron chi connectivity index (χ1n) is 3.76. The average Bonchev–Trinajstić information content (AvgIpc) is 2.10. The van der Waals surface area contributed by atoms with Gasteiger partial charge in [-0.05, 0) is 23.6 Å².